The van der Waals surface area contributed by atoms with E-state index in [2.05, 4.69) is 10.1 Å². The van der Waals surface area contributed by atoms with Gasteiger partial charge in [-0.2, -0.15) is 4.98 Å². The predicted octanol–water partition coefficient (Wildman–Crippen LogP) is 1.94. The molecule has 1 aliphatic heterocycles. The van der Waals surface area contributed by atoms with Gasteiger partial charge in [-0.05, 0) is 25.0 Å². The Kier molecular flexibility index (Phi) is 4.03. The summed E-state index contributed by atoms with van der Waals surface area (Å²) in [5.41, 5.74) is 0. The Bertz CT molecular complexity index is 691. The van der Waals surface area contributed by atoms with Gasteiger partial charge in [-0.1, -0.05) is 23.4 Å². The second kappa shape index (κ2) is 5.95. The lowest BCUT2D eigenvalue weighted by atomic mass is 10.2. The van der Waals surface area contributed by atoms with Crippen molar-refractivity contribution in [3.63, 3.8) is 0 Å². The zero-order valence-electron chi connectivity index (χ0n) is 11.4. The molecule has 1 unspecified atom stereocenters. The molecule has 7 heteroatoms. The van der Waals surface area contributed by atoms with Crippen LogP contribution in [0.2, 0.25) is 0 Å². The Balaban J connectivity index is 1.65. The summed E-state index contributed by atoms with van der Waals surface area (Å²) >= 11 is 0. The third-order valence-corrected chi connectivity index (χ3v) is 5.12. The molecule has 0 spiro atoms. The first-order valence-corrected chi connectivity index (χ1v) is 8.52. The molecule has 1 aliphatic rings. The lowest BCUT2D eigenvalue weighted by molar-refractivity contribution is 0.0835. The first-order chi connectivity index (χ1) is 10.1. The number of ether oxygens (including phenoxy) is 1. The van der Waals surface area contributed by atoms with Gasteiger partial charge < -0.3 is 9.26 Å². The van der Waals surface area contributed by atoms with Gasteiger partial charge in [-0.15, -0.1) is 0 Å². The van der Waals surface area contributed by atoms with Gasteiger partial charge >= 0.3 is 0 Å². The molecular weight excluding hydrogens is 292 g/mol. The summed E-state index contributed by atoms with van der Waals surface area (Å²) in [6, 6.07) is 8.37. The molecule has 2 aromatic rings. The van der Waals surface area contributed by atoms with Crippen molar-refractivity contribution in [2.75, 3.05) is 12.4 Å². The van der Waals surface area contributed by atoms with Crippen LogP contribution in [0.5, 0.6) is 0 Å². The Labute approximate surface area is 123 Å². The monoisotopic (exact) mass is 308 g/mol. The Morgan fingerprint density at radius 1 is 1.24 bits per heavy atom. The Hall–Kier alpha value is -1.73. The second-order valence-electron chi connectivity index (χ2n) is 4.93. The summed E-state index contributed by atoms with van der Waals surface area (Å²) < 4.78 is 34.9. The summed E-state index contributed by atoms with van der Waals surface area (Å²) in [4.78, 5) is 4.53. The molecule has 0 N–H and O–H groups in total. The van der Waals surface area contributed by atoms with Crippen LogP contribution in [-0.4, -0.2) is 30.9 Å². The van der Waals surface area contributed by atoms with E-state index < -0.39 is 9.84 Å². The van der Waals surface area contributed by atoms with Crippen LogP contribution in [0.25, 0.3) is 0 Å². The minimum absolute atomic E-state index is 0.0402. The van der Waals surface area contributed by atoms with E-state index in [9.17, 15) is 8.42 Å². The number of rotatable bonds is 5. The van der Waals surface area contributed by atoms with Crippen molar-refractivity contribution < 1.29 is 17.7 Å². The lowest BCUT2D eigenvalue weighted by Crippen LogP contribution is -2.10. The highest BCUT2D eigenvalue weighted by Crippen LogP contribution is 2.27. The van der Waals surface area contributed by atoms with Gasteiger partial charge in [0, 0.05) is 13.0 Å². The summed E-state index contributed by atoms with van der Waals surface area (Å²) in [6.07, 6.45) is 1.93. The highest BCUT2D eigenvalue weighted by Gasteiger charge is 2.24. The van der Waals surface area contributed by atoms with Gasteiger partial charge in [-0.25, -0.2) is 8.42 Å². The lowest BCUT2D eigenvalue weighted by Gasteiger charge is -2.02. The topological polar surface area (TPSA) is 82.3 Å². The van der Waals surface area contributed by atoms with E-state index in [0.717, 1.165) is 12.8 Å². The zero-order chi connectivity index (χ0) is 14.7. The van der Waals surface area contributed by atoms with Gasteiger partial charge in [0.1, 0.15) is 6.10 Å². The third-order valence-electron chi connectivity index (χ3n) is 3.39. The number of aromatic nitrogens is 2. The minimum atomic E-state index is -3.32. The molecule has 21 heavy (non-hydrogen) atoms. The third kappa shape index (κ3) is 3.30. The SMILES string of the molecule is O=S(=O)(CCc1noc(C2CCCO2)n1)c1ccccc1. The normalized spacial score (nSPS) is 19.0. The molecule has 1 atom stereocenters. The number of hydrogen-bond donors (Lipinski definition) is 0. The molecule has 0 amide bonds. The maximum atomic E-state index is 12.2. The van der Waals surface area contributed by atoms with E-state index in [-0.39, 0.29) is 18.3 Å². The van der Waals surface area contributed by atoms with Crippen molar-refractivity contribution in [2.45, 2.75) is 30.3 Å². The van der Waals surface area contributed by atoms with Crippen LogP contribution in [0.3, 0.4) is 0 Å². The first kappa shape index (κ1) is 14.2. The van der Waals surface area contributed by atoms with Crippen LogP contribution in [0.15, 0.2) is 39.8 Å². The Morgan fingerprint density at radius 3 is 2.76 bits per heavy atom. The van der Waals surface area contributed by atoms with Crippen LogP contribution < -0.4 is 0 Å². The minimum Gasteiger partial charge on any atom is -0.368 e. The quantitative estimate of drug-likeness (QED) is 0.839. The molecule has 1 aromatic carbocycles. The average molecular weight is 308 g/mol. The van der Waals surface area contributed by atoms with Crippen molar-refractivity contribution in [3.05, 3.63) is 42.0 Å². The fourth-order valence-electron chi connectivity index (χ4n) is 2.24. The number of nitrogens with zero attached hydrogens (tertiary/aromatic N) is 2. The van der Waals surface area contributed by atoms with Crippen molar-refractivity contribution in [3.8, 4) is 0 Å². The van der Waals surface area contributed by atoms with E-state index in [1.54, 1.807) is 30.3 Å². The molecule has 1 aromatic heterocycles. The first-order valence-electron chi connectivity index (χ1n) is 6.87. The van der Waals surface area contributed by atoms with Gasteiger partial charge in [0.15, 0.2) is 15.7 Å². The van der Waals surface area contributed by atoms with E-state index in [1.807, 2.05) is 0 Å². The van der Waals surface area contributed by atoms with Crippen LogP contribution in [0, 0.1) is 0 Å². The molecule has 0 saturated carbocycles. The standard InChI is InChI=1S/C14H16N2O4S/c17-21(18,11-5-2-1-3-6-11)10-8-13-15-14(20-16-13)12-7-4-9-19-12/h1-3,5-6,12H,4,7-10H2. The smallest absolute Gasteiger partial charge is 0.255 e. The van der Waals surface area contributed by atoms with E-state index >= 15 is 0 Å². The molecule has 0 radical (unpaired) electrons. The van der Waals surface area contributed by atoms with Gasteiger partial charge in [0.25, 0.3) is 5.89 Å². The fraction of sp³-hybridized carbons (Fsp3) is 0.429. The van der Waals surface area contributed by atoms with Crippen LogP contribution >= 0.6 is 0 Å². The molecule has 2 heterocycles. The molecule has 3 rings (SSSR count). The van der Waals surface area contributed by atoms with Gasteiger partial charge in [0.05, 0.1) is 10.6 Å². The zero-order valence-corrected chi connectivity index (χ0v) is 12.3. The van der Waals surface area contributed by atoms with Crippen molar-refractivity contribution in [2.24, 2.45) is 0 Å². The summed E-state index contributed by atoms with van der Waals surface area (Å²) in [5, 5.41) is 3.83. The summed E-state index contributed by atoms with van der Waals surface area (Å²) in [5.74, 6) is 0.807. The molecule has 1 saturated heterocycles. The highest BCUT2D eigenvalue weighted by atomic mass is 32.2. The fourth-order valence-corrected chi connectivity index (χ4v) is 3.50. The van der Waals surface area contributed by atoms with E-state index in [0.29, 0.717) is 23.2 Å². The molecule has 0 aliphatic carbocycles. The van der Waals surface area contributed by atoms with Crippen molar-refractivity contribution >= 4 is 9.84 Å². The van der Waals surface area contributed by atoms with Gasteiger partial charge in [0.2, 0.25) is 0 Å². The highest BCUT2D eigenvalue weighted by molar-refractivity contribution is 7.91. The largest absolute Gasteiger partial charge is 0.368 e. The van der Waals surface area contributed by atoms with E-state index in [4.69, 9.17) is 9.26 Å². The maximum absolute atomic E-state index is 12.2. The summed E-state index contributed by atoms with van der Waals surface area (Å²) in [7, 11) is -3.32. The number of sulfone groups is 1. The Morgan fingerprint density at radius 2 is 2.05 bits per heavy atom. The summed E-state index contributed by atoms with van der Waals surface area (Å²) in [6.45, 7) is 0.699. The maximum Gasteiger partial charge on any atom is 0.255 e. The number of benzene rings is 1. The average Bonchev–Trinajstić information content (AvgIpc) is 3.17. The predicted molar refractivity (Wildman–Crippen MR) is 74.4 cm³/mol. The second-order valence-corrected chi connectivity index (χ2v) is 7.04. The molecule has 0 bridgehead atoms. The van der Waals surface area contributed by atoms with Crippen LogP contribution in [0.1, 0.15) is 30.7 Å². The molecule has 6 nitrogen and oxygen atoms in total. The van der Waals surface area contributed by atoms with Crippen molar-refractivity contribution in [1.29, 1.82) is 0 Å². The molecular formula is C14H16N2O4S. The number of aryl methyl sites for hydroxylation is 1. The van der Waals surface area contributed by atoms with Crippen LogP contribution in [0.4, 0.5) is 0 Å². The van der Waals surface area contributed by atoms with Crippen LogP contribution in [-0.2, 0) is 21.0 Å². The molecule has 1 fully saturated rings. The number of hydrogen-bond acceptors (Lipinski definition) is 6. The van der Waals surface area contributed by atoms with Crippen molar-refractivity contribution in [1.82, 2.24) is 10.1 Å². The van der Waals surface area contributed by atoms with Gasteiger partial charge in [-0.3, -0.25) is 0 Å². The van der Waals surface area contributed by atoms with E-state index in [1.165, 1.54) is 0 Å². The molecule has 112 valence electrons.